The molecule has 2 heterocycles. The molecule has 0 saturated heterocycles. The number of pyridine rings is 1. The molecule has 0 aliphatic carbocycles. The van der Waals surface area contributed by atoms with Crippen LogP contribution < -0.4 is 5.32 Å². The normalized spacial score (nSPS) is 12.8. The van der Waals surface area contributed by atoms with E-state index in [0.29, 0.717) is 18.1 Å². The van der Waals surface area contributed by atoms with Crippen molar-refractivity contribution in [3.8, 4) is 0 Å². The van der Waals surface area contributed by atoms with Crippen LogP contribution in [0.3, 0.4) is 0 Å². The van der Waals surface area contributed by atoms with Gasteiger partial charge in [-0.2, -0.15) is 0 Å². The summed E-state index contributed by atoms with van der Waals surface area (Å²) in [7, 11) is -1.97. The van der Waals surface area contributed by atoms with Gasteiger partial charge in [0.15, 0.2) is 14.0 Å². The second-order valence-corrected chi connectivity index (χ2v) is 23.6. The molecule has 66 heavy (non-hydrogen) atoms. The SMILES string of the molecule is CC(C)(C)[Si](C)(C)OCCCC(c1ccccc1)c1cc(NC(c2ccccc2)(c2ccccc2)c2ccccc2)nc2c1nnn2C(c1ccccc1)(c1ccccc1)c1ccccc1. The Bertz CT molecular complexity index is 2750. The van der Waals surface area contributed by atoms with Crippen molar-refractivity contribution in [3.63, 3.8) is 0 Å². The Morgan fingerprint density at radius 2 is 0.939 bits per heavy atom. The van der Waals surface area contributed by atoms with Gasteiger partial charge in [-0.05, 0) is 81.5 Å². The van der Waals surface area contributed by atoms with Crippen molar-refractivity contribution in [1.82, 2.24) is 20.0 Å². The number of nitrogens with zero attached hydrogens (tertiary/aromatic N) is 4. The zero-order valence-electron chi connectivity index (χ0n) is 38.7. The minimum Gasteiger partial charge on any atom is -0.417 e. The first-order valence-corrected chi connectivity index (χ1v) is 26.1. The molecule has 2 aromatic heterocycles. The fraction of sp³-hybridized carbons (Fsp3) is 0.203. The van der Waals surface area contributed by atoms with Crippen LogP contribution in [-0.2, 0) is 15.5 Å². The van der Waals surface area contributed by atoms with Crippen molar-refractivity contribution in [2.24, 2.45) is 0 Å². The van der Waals surface area contributed by atoms with E-state index in [0.717, 1.165) is 57.3 Å². The standard InChI is InChI=1S/C59H59N5OSi/c1-57(2,3)66(4,5)65-43-27-42-52(45-28-13-6-14-29-45)53-44-54(61-58(46-30-15-7-16-31-46,47-32-17-8-18-33-47)48-34-19-9-20-35-48)60-56-55(53)62-63-64(56)59(49-36-21-10-22-37-49,50-38-23-11-24-39-50)51-40-25-12-26-41-51/h6-26,28-41,44,52H,27,42-43H2,1-5H3,(H,60,61). The van der Waals surface area contributed by atoms with Crippen LogP contribution in [0.25, 0.3) is 11.2 Å². The first-order chi connectivity index (χ1) is 32.1. The minimum absolute atomic E-state index is 0.0513. The van der Waals surface area contributed by atoms with Crippen molar-refractivity contribution in [2.75, 3.05) is 11.9 Å². The molecule has 9 aromatic rings. The Labute approximate surface area is 391 Å². The van der Waals surface area contributed by atoms with Crippen LogP contribution in [0.4, 0.5) is 5.82 Å². The van der Waals surface area contributed by atoms with E-state index in [2.05, 4.69) is 262 Å². The van der Waals surface area contributed by atoms with E-state index in [1.54, 1.807) is 0 Å². The number of hydrogen-bond donors (Lipinski definition) is 1. The molecule has 0 fully saturated rings. The highest BCUT2D eigenvalue weighted by atomic mass is 28.4. The first kappa shape index (κ1) is 44.3. The van der Waals surface area contributed by atoms with Crippen molar-refractivity contribution in [2.45, 2.75) is 68.7 Å². The Morgan fingerprint density at radius 3 is 1.35 bits per heavy atom. The van der Waals surface area contributed by atoms with E-state index < -0.39 is 19.4 Å². The summed E-state index contributed by atoms with van der Waals surface area (Å²) in [6.07, 6.45) is 1.71. The molecule has 0 aliphatic rings. The van der Waals surface area contributed by atoms with Crippen LogP contribution in [-0.4, -0.2) is 34.9 Å². The number of aromatic nitrogens is 4. The predicted octanol–water partition coefficient (Wildman–Crippen LogP) is 14.0. The van der Waals surface area contributed by atoms with Gasteiger partial charge in [0.2, 0.25) is 0 Å². The maximum Gasteiger partial charge on any atom is 0.191 e. The second kappa shape index (κ2) is 18.9. The smallest absolute Gasteiger partial charge is 0.191 e. The Morgan fingerprint density at radius 1 is 0.545 bits per heavy atom. The van der Waals surface area contributed by atoms with Gasteiger partial charge < -0.3 is 9.74 Å². The van der Waals surface area contributed by atoms with Gasteiger partial charge in [-0.1, -0.05) is 238 Å². The Balaban J connectivity index is 1.34. The molecule has 6 nitrogen and oxygen atoms in total. The number of fused-ring (bicyclic) bond motifs is 1. The topological polar surface area (TPSA) is 64.9 Å². The Kier molecular flexibility index (Phi) is 12.7. The maximum absolute atomic E-state index is 6.82. The van der Waals surface area contributed by atoms with Gasteiger partial charge in [-0.15, -0.1) is 5.10 Å². The molecule has 0 spiro atoms. The van der Waals surface area contributed by atoms with E-state index in [1.807, 2.05) is 0 Å². The van der Waals surface area contributed by atoms with E-state index in [9.17, 15) is 0 Å². The van der Waals surface area contributed by atoms with Crippen LogP contribution in [0.15, 0.2) is 218 Å². The second-order valence-electron chi connectivity index (χ2n) is 18.8. The lowest BCUT2D eigenvalue weighted by atomic mass is 9.76. The molecular formula is C59H59N5OSi. The first-order valence-electron chi connectivity index (χ1n) is 23.2. The molecule has 0 aliphatic heterocycles. The number of hydrogen-bond acceptors (Lipinski definition) is 5. The van der Waals surface area contributed by atoms with Crippen LogP contribution in [0.5, 0.6) is 0 Å². The highest BCUT2D eigenvalue weighted by molar-refractivity contribution is 6.74. The van der Waals surface area contributed by atoms with E-state index >= 15 is 0 Å². The number of benzene rings is 7. The number of nitrogens with one attached hydrogen (secondary N) is 1. The lowest BCUT2D eigenvalue weighted by molar-refractivity contribution is 0.277. The minimum atomic E-state index is -1.97. The lowest BCUT2D eigenvalue weighted by Crippen LogP contribution is -2.41. The largest absolute Gasteiger partial charge is 0.417 e. The molecule has 7 heteroatoms. The molecule has 0 radical (unpaired) electrons. The van der Waals surface area contributed by atoms with Gasteiger partial charge in [0.25, 0.3) is 0 Å². The fourth-order valence-corrected chi connectivity index (χ4v) is 10.5. The molecule has 7 aromatic carbocycles. The van der Waals surface area contributed by atoms with Crippen molar-refractivity contribution >= 4 is 25.3 Å². The molecule has 9 rings (SSSR count). The van der Waals surface area contributed by atoms with E-state index in [-0.39, 0.29) is 11.0 Å². The van der Waals surface area contributed by atoms with Gasteiger partial charge >= 0.3 is 0 Å². The monoisotopic (exact) mass is 881 g/mol. The average molecular weight is 882 g/mol. The summed E-state index contributed by atoms with van der Waals surface area (Å²) < 4.78 is 8.90. The summed E-state index contributed by atoms with van der Waals surface area (Å²) in [4.78, 5) is 5.74. The summed E-state index contributed by atoms with van der Waals surface area (Å²) >= 11 is 0. The molecule has 0 amide bonds. The average Bonchev–Trinajstić information content (AvgIpc) is 3.79. The van der Waals surface area contributed by atoms with Gasteiger partial charge in [0.05, 0.1) is 0 Å². The van der Waals surface area contributed by atoms with Gasteiger partial charge in [0, 0.05) is 12.5 Å². The summed E-state index contributed by atoms with van der Waals surface area (Å²) in [5, 5.41) is 14.8. The maximum atomic E-state index is 6.82. The van der Waals surface area contributed by atoms with Crippen molar-refractivity contribution in [3.05, 3.63) is 263 Å². The fourth-order valence-electron chi connectivity index (χ4n) is 9.38. The van der Waals surface area contributed by atoms with Crippen LogP contribution in [0, 0.1) is 0 Å². The highest BCUT2D eigenvalue weighted by Gasteiger charge is 2.43. The molecule has 330 valence electrons. The van der Waals surface area contributed by atoms with Crippen LogP contribution in [0.2, 0.25) is 18.1 Å². The third kappa shape index (κ3) is 8.41. The highest BCUT2D eigenvalue weighted by Crippen LogP contribution is 2.46. The van der Waals surface area contributed by atoms with Crippen LogP contribution >= 0.6 is 0 Å². The zero-order valence-corrected chi connectivity index (χ0v) is 39.7. The molecule has 1 N–H and O–H groups in total. The number of anilines is 1. The van der Waals surface area contributed by atoms with Crippen molar-refractivity contribution < 1.29 is 4.43 Å². The molecule has 0 saturated carbocycles. The summed E-state index contributed by atoms with van der Waals surface area (Å²) in [5.41, 5.74) is 8.32. The van der Waals surface area contributed by atoms with Gasteiger partial charge in [-0.3, -0.25) is 0 Å². The van der Waals surface area contributed by atoms with E-state index in [4.69, 9.17) is 19.7 Å². The quantitative estimate of drug-likeness (QED) is 0.0595. The zero-order chi connectivity index (χ0) is 45.6. The Hall–Kier alpha value is -6.93. The van der Waals surface area contributed by atoms with Crippen LogP contribution in [0.1, 0.15) is 84.0 Å². The number of rotatable bonds is 16. The van der Waals surface area contributed by atoms with Gasteiger partial charge in [-0.25, -0.2) is 9.67 Å². The molecule has 1 unspecified atom stereocenters. The lowest BCUT2D eigenvalue weighted by Gasteiger charge is -2.38. The third-order valence-electron chi connectivity index (χ3n) is 13.8. The summed E-state index contributed by atoms with van der Waals surface area (Å²) in [6.45, 7) is 12.3. The predicted molar refractivity (Wildman–Crippen MR) is 273 cm³/mol. The molecular weight excluding hydrogens is 823 g/mol. The molecule has 1 atom stereocenters. The third-order valence-corrected chi connectivity index (χ3v) is 18.3. The van der Waals surface area contributed by atoms with E-state index in [1.165, 1.54) is 5.56 Å². The molecule has 0 bridgehead atoms. The summed E-state index contributed by atoms with van der Waals surface area (Å²) in [6, 6.07) is 77.2. The summed E-state index contributed by atoms with van der Waals surface area (Å²) in [5.74, 6) is 0.656. The van der Waals surface area contributed by atoms with Crippen molar-refractivity contribution in [1.29, 1.82) is 0 Å². The van der Waals surface area contributed by atoms with Gasteiger partial charge in [0.1, 0.15) is 22.4 Å².